The summed E-state index contributed by atoms with van der Waals surface area (Å²) < 4.78 is 49.8. The van der Waals surface area contributed by atoms with Crippen LogP contribution < -0.4 is 16.7 Å². The van der Waals surface area contributed by atoms with Crippen molar-refractivity contribution in [2.75, 3.05) is 13.2 Å². The lowest BCUT2D eigenvalue weighted by Crippen LogP contribution is -2.22. The van der Waals surface area contributed by atoms with Crippen LogP contribution in [0.25, 0.3) is 33.1 Å². The zero-order valence-corrected chi connectivity index (χ0v) is 39.4. The first-order chi connectivity index (χ1) is 33.9. The Hall–Kier alpha value is -6.83. The molecule has 11 rings (SSSR count). The minimum absolute atomic E-state index is 0.0865. The van der Waals surface area contributed by atoms with Gasteiger partial charge in [-0.3, -0.25) is 19.4 Å². The number of hydrogen-bond acceptors (Lipinski definition) is 11. The molecule has 8 aromatic rings. The number of nitrogens with one attached hydrogen (secondary N) is 3. The summed E-state index contributed by atoms with van der Waals surface area (Å²) in [6.45, 7) is 5.80. The summed E-state index contributed by atoms with van der Waals surface area (Å²) in [6.07, 6.45) is 16.5. The van der Waals surface area contributed by atoms with Crippen LogP contribution in [0.15, 0.2) is 81.6 Å². The molecule has 8 heterocycles. The van der Waals surface area contributed by atoms with E-state index in [0.29, 0.717) is 68.7 Å². The Kier molecular flexibility index (Phi) is 14.8. The molecule has 2 saturated carbocycles. The molecule has 70 heavy (non-hydrogen) atoms. The van der Waals surface area contributed by atoms with Crippen molar-refractivity contribution in [3.8, 4) is 0 Å². The Morgan fingerprint density at radius 1 is 0.643 bits per heavy atom. The molecule has 3 fully saturated rings. The molecule has 0 bridgehead atoms. The molecule has 0 amide bonds. The van der Waals surface area contributed by atoms with Gasteiger partial charge in [0.1, 0.15) is 33.6 Å². The summed E-state index contributed by atoms with van der Waals surface area (Å²) in [5.74, 6) is 2.24. The van der Waals surface area contributed by atoms with E-state index in [2.05, 4.69) is 64.0 Å². The molecular formula is C50H58F3N13O4. The van der Waals surface area contributed by atoms with Crippen LogP contribution in [-0.2, 0) is 30.2 Å². The minimum atomic E-state index is -4.40. The Morgan fingerprint density at radius 2 is 1.14 bits per heavy atom. The van der Waals surface area contributed by atoms with Crippen molar-refractivity contribution in [3.63, 3.8) is 0 Å². The summed E-state index contributed by atoms with van der Waals surface area (Å²) in [5.41, 5.74) is 2.00. The van der Waals surface area contributed by atoms with Crippen LogP contribution in [0.4, 0.5) is 13.2 Å². The van der Waals surface area contributed by atoms with E-state index < -0.39 is 11.7 Å². The average molecular weight is 962 g/mol. The van der Waals surface area contributed by atoms with Gasteiger partial charge in [0, 0.05) is 44.4 Å². The van der Waals surface area contributed by atoms with Crippen LogP contribution >= 0.6 is 0 Å². The standard InChI is InChI=1S/C19H19F3N4O.C16H17N5O.C15H22N4O2/c20-19(21,22)13-6-4-5-12(9-13)10-16-24-17-15(18(27)25-16)11-23-26(17)14-7-2-1-3-8-14;22-16-13-10-18-21(12-6-1-2-7-12)15(13)19-14(20-16)9-11-5-3-4-8-17-11;1-3-10(2)8-13-17-14-12(15(20)18-13)9-16-19(14)11-4-6-21-7-5-11/h4-6,9,11,14H,1-3,7-8,10H2,(H,24,25,27);3-5,8,10,12H,1-2,6-7,9H2,(H,19,20,22);9-11H,3-8H2,1-2H3,(H,17,18,20). The summed E-state index contributed by atoms with van der Waals surface area (Å²) >= 11 is 0. The van der Waals surface area contributed by atoms with Crippen molar-refractivity contribution in [1.82, 2.24) is 64.2 Å². The normalized spacial score (nSPS) is 16.6. The smallest absolute Gasteiger partial charge is 0.381 e. The number of ether oxygens (including phenoxy) is 1. The minimum Gasteiger partial charge on any atom is -0.381 e. The van der Waals surface area contributed by atoms with E-state index in [1.54, 1.807) is 29.3 Å². The van der Waals surface area contributed by atoms with Crippen molar-refractivity contribution in [2.24, 2.45) is 5.92 Å². The van der Waals surface area contributed by atoms with Gasteiger partial charge in [-0.1, -0.05) is 76.6 Å². The van der Waals surface area contributed by atoms with Crippen LogP contribution in [0.3, 0.4) is 0 Å². The van der Waals surface area contributed by atoms with Crippen molar-refractivity contribution in [1.29, 1.82) is 0 Å². The Bertz CT molecular complexity index is 3210. The highest BCUT2D eigenvalue weighted by atomic mass is 19.4. The summed E-state index contributed by atoms with van der Waals surface area (Å²) in [5, 5.41) is 14.7. The van der Waals surface area contributed by atoms with E-state index >= 15 is 0 Å². The second kappa shape index (κ2) is 21.4. The van der Waals surface area contributed by atoms with Gasteiger partial charge in [0.15, 0.2) is 16.9 Å². The number of hydrogen-bond donors (Lipinski definition) is 3. The zero-order valence-electron chi connectivity index (χ0n) is 39.4. The van der Waals surface area contributed by atoms with Crippen LogP contribution in [0, 0.1) is 5.92 Å². The molecule has 20 heteroatoms. The predicted octanol–water partition coefficient (Wildman–Crippen LogP) is 8.51. The summed E-state index contributed by atoms with van der Waals surface area (Å²) in [7, 11) is 0. The molecule has 3 aliphatic rings. The van der Waals surface area contributed by atoms with Crippen LogP contribution in [0.2, 0.25) is 0 Å². The lowest BCUT2D eigenvalue weighted by molar-refractivity contribution is -0.137. The quantitative estimate of drug-likeness (QED) is 0.118. The molecule has 1 saturated heterocycles. The largest absolute Gasteiger partial charge is 0.416 e. The number of benzene rings is 1. The number of pyridine rings is 1. The monoisotopic (exact) mass is 961 g/mol. The zero-order chi connectivity index (χ0) is 48.8. The first kappa shape index (κ1) is 48.2. The number of aromatic amines is 3. The van der Waals surface area contributed by atoms with Crippen molar-refractivity contribution in [3.05, 3.63) is 133 Å². The average Bonchev–Trinajstić information content (AvgIpc) is 4.20. The van der Waals surface area contributed by atoms with E-state index in [4.69, 9.17) is 4.74 Å². The maximum atomic E-state index is 12.9. The predicted molar refractivity (Wildman–Crippen MR) is 258 cm³/mol. The van der Waals surface area contributed by atoms with E-state index in [1.165, 1.54) is 31.5 Å². The number of alkyl halides is 3. The topological polar surface area (TPSA) is 213 Å². The summed E-state index contributed by atoms with van der Waals surface area (Å²) in [4.78, 5) is 63.3. The van der Waals surface area contributed by atoms with Crippen molar-refractivity contribution >= 4 is 33.1 Å². The Morgan fingerprint density at radius 3 is 1.66 bits per heavy atom. The van der Waals surface area contributed by atoms with Gasteiger partial charge in [-0.2, -0.15) is 28.5 Å². The van der Waals surface area contributed by atoms with Gasteiger partial charge in [-0.15, -0.1) is 0 Å². The van der Waals surface area contributed by atoms with Gasteiger partial charge in [-0.05, 0) is 68.2 Å². The molecule has 1 unspecified atom stereocenters. The van der Waals surface area contributed by atoms with Crippen LogP contribution in [0.5, 0.6) is 0 Å². The highest BCUT2D eigenvalue weighted by Crippen LogP contribution is 2.32. The van der Waals surface area contributed by atoms with E-state index in [0.717, 1.165) is 101 Å². The number of fused-ring (bicyclic) bond motifs is 3. The molecule has 2 aliphatic carbocycles. The van der Waals surface area contributed by atoms with Gasteiger partial charge >= 0.3 is 6.18 Å². The maximum absolute atomic E-state index is 12.9. The Labute approximate surface area is 400 Å². The van der Waals surface area contributed by atoms with Gasteiger partial charge in [-0.25, -0.2) is 29.0 Å². The molecular weight excluding hydrogens is 904 g/mol. The molecule has 7 aromatic heterocycles. The van der Waals surface area contributed by atoms with Crippen LogP contribution in [-0.4, -0.2) is 77.4 Å². The highest BCUT2D eigenvalue weighted by Gasteiger charge is 2.30. The van der Waals surface area contributed by atoms with Crippen molar-refractivity contribution < 1.29 is 17.9 Å². The third-order valence-corrected chi connectivity index (χ3v) is 13.6. The molecule has 1 aliphatic heterocycles. The van der Waals surface area contributed by atoms with E-state index in [-0.39, 0.29) is 35.2 Å². The molecule has 1 atom stereocenters. The highest BCUT2D eigenvalue weighted by molar-refractivity contribution is 5.74. The number of aromatic nitrogens is 13. The van der Waals surface area contributed by atoms with E-state index in [9.17, 15) is 27.6 Å². The lowest BCUT2D eigenvalue weighted by atomic mass is 9.96. The van der Waals surface area contributed by atoms with Gasteiger partial charge in [0.25, 0.3) is 16.7 Å². The first-order valence-electron chi connectivity index (χ1n) is 24.4. The SMILES string of the molecule is CCC(C)Cc1nc2c(cnn2C2CCOCC2)c(=O)[nH]1.O=c1[nH]c(Cc2cccc(C(F)(F)F)c2)nc2c1cnn2C1CCCCC1.O=c1[nH]c(Cc2ccccn2)nc2c1cnn2C1CCCC1. The fourth-order valence-corrected chi connectivity index (χ4v) is 9.61. The Balaban J connectivity index is 0.000000132. The first-order valence-corrected chi connectivity index (χ1v) is 24.4. The second-order valence-electron chi connectivity index (χ2n) is 18.7. The maximum Gasteiger partial charge on any atom is 0.416 e. The van der Waals surface area contributed by atoms with Crippen molar-refractivity contribution in [2.45, 2.75) is 134 Å². The third kappa shape index (κ3) is 11.1. The molecule has 0 spiro atoms. The number of rotatable bonds is 10. The molecule has 368 valence electrons. The van der Waals surface area contributed by atoms with E-state index in [1.807, 2.05) is 27.6 Å². The van der Waals surface area contributed by atoms with Gasteiger partial charge in [0.2, 0.25) is 0 Å². The second-order valence-corrected chi connectivity index (χ2v) is 18.7. The number of nitrogens with zero attached hydrogens (tertiary/aromatic N) is 10. The van der Waals surface area contributed by atoms with Gasteiger partial charge < -0.3 is 19.7 Å². The lowest BCUT2D eigenvalue weighted by Gasteiger charge is -2.22. The molecule has 1 aromatic carbocycles. The van der Waals surface area contributed by atoms with Gasteiger partial charge in [0.05, 0.1) is 42.3 Å². The third-order valence-electron chi connectivity index (χ3n) is 13.6. The number of halogens is 3. The summed E-state index contributed by atoms with van der Waals surface area (Å²) in [6, 6.07) is 11.7. The number of H-pyrrole nitrogens is 3. The molecule has 17 nitrogen and oxygen atoms in total. The fraction of sp³-hybridized carbons (Fsp3) is 0.480. The van der Waals surface area contributed by atoms with Crippen LogP contribution in [0.1, 0.15) is 143 Å². The fourth-order valence-electron chi connectivity index (χ4n) is 9.61. The molecule has 3 N–H and O–H groups in total. The molecule has 0 radical (unpaired) electrons.